The van der Waals surface area contributed by atoms with E-state index in [-0.39, 0.29) is 17.0 Å². The minimum absolute atomic E-state index is 0.0499. The molecular formula is C30H30FN3O5. The number of carboxylic acid groups (broad SMARTS) is 1. The second-order valence-corrected chi connectivity index (χ2v) is 9.72. The first-order valence-electron chi connectivity index (χ1n) is 12.6. The van der Waals surface area contributed by atoms with Crippen molar-refractivity contribution in [2.45, 2.75) is 38.8 Å². The smallest absolute Gasteiger partial charge is 0.305 e. The molecule has 0 aliphatic carbocycles. The Morgan fingerprint density at radius 2 is 1.82 bits per heavy atom. The third-order valence-electron chi connectivity index (χ3n) is 6.49. The fraction of sp³-hybridized carbons (Fsp3) is 0.267. The van der Waals surface area contributed by atoms with Gasteiger partial charge in [0.05, 0.1) is 42.4 Å². The monoisotopic (exact) mass is 531 g/mol. The number of methoxy groups -OCH3 is 1. The number of hydrogen-bond acceptors (Lipinski definition) is 5. The lowest BCUT2D eigenvalue weighted by molar-refractivity contribution is -0.138. The van der Waals surface area contributed by atoms with Crippen molar-refractivity contribution in [2.75, 3.05) is 7.11 Å². The average molecular weight is 532 g/mol. The summed E-state index contributed by atoms with van der Waals surface area (Å²) in [6.45, 7) is 3.86. The number of carbonyl (C=O) groups excluding carboxylic acids is 1. The highest BCUT2D eigenvalue weighted by Gasteiger charge is 2.28. The van der Waals surface area contributed by atoms with Crippen molar-refractivity contribution in [3.05, 3.63) is 94.8 Å². The zero-order valence-corrected chi connectivity index (χ0v) is 21.9. The molecule has 2 N–H and O–H groups in total. The van der Waals surface area contributed by atoms with E-state index in [9.17, 15) is 23.9 Å². The molecule has 0 saturated carbocycles. The van der Waals surface area contributed by atoms with Crippen LogP contribution in [0.25, 0.3) is 22.0 Å². The number of rotatable bonds is 10. The van der Waals surface area contributed by atoms with Gasteiger partial charge >= 0.3 is 5.97 Å². The van der Waals surface area contributed by atoms with E-state index in [2.05, 4.69) is 10.3 Å². The molecule has 4 aromatic rings. The summed E-state index contributed by atoms with van der Waals surface area (Å²) < 4.78 is 21.4. The maximum atomic E-state index is 14.8. The van der Waals surface area contributed by atoms with Gasteiger partial charge in [-0.1, -0.05) is 50.2 Å². The topological polar surface area (TPSA) is 111 Å². The summed E-state index contributed by atoms with van der Waals surface area (Å²) in [4.78, 5) is 43.1. The number of hydrogen-bond donors (Lipinski definition) is 2. The highest BCUT2D eigenvalue weighted by molar-refractivity contribution is 5.83. The molecule has 9 heteroatoms. The van der Waals surface area contributed by atoms with Crippen molar-refractivity contribution in [2.24, 2.45) is 5.92 Å². The van der Waals surface area contributed by atoms with Crippen LogP contribution in [0.2, 0.25) is 0 Å². The van der Waals surface area contributed by atoms with Gasteiger partial charge in [-0.3, -0.25) is 19.0 Å². The van der Waals surface area contributed by atoms with Gasteiger partial charge in [-0.15, -0.1) is 0 Å². The molecule has 0 aliphatic heterocycles. The molecule has 0 aliphatic rings. The molecule has 1 aromatic heterocycles. The van der Waals surface area contributed by atoms with Gasteiger partial charge in [0.25, 0.3) is 5.56 Å². The van der Waals surface area contributed by atoms with Crippen LogP contribution in [0.15, 0.2) is 77.9 Å². The molecule has 0 bridgehead atoms. The molecule has 0 saturated heterocycles. The number of halogens is 1. The zero-order valence-electron chi connectivity index (χ0n) is 21.9. The SMILES string of the molecule is COc1cccc(F)c1-c1cccc([C@H](CC(=O)O)NC(=O)[C@H](CC(C)C)n2cnc3ccccc3c2=O)c1. The second kappa shape index (κ2) is 11.9. The third kappa shape index (κ3) is 6.14. The molecule has 0 spiro atoms. The molecule has 202 valence electrons. The van der Waals surface area contributed by atoms with Gasteiger partial charge in [-0.05, 0) is 53.8 Å². The third-order valence-corrected chi connectivity index (χ3v) is 6.49. The highest BCUT2D eigenvalue weighted by Crippen LogP contribution is 2.34. The normalized spacial score (nSPS) is 12.7. The number of carboxylic acids is 1. The Morgan fingerprint density at radius 3 is 2.54 bits per heavy atom. The fourth-order valence-electron chi connectivity index (χ4n) is 4.66. The molecule has 0 unspecified atom stereocenters. The summed E-state index contributed by atoms with van der Waals surface area (Å²) in [7, 11) is 1.44. The van der Waals surface area contributed by atoms with E-state index in [1.807, 2.05) is 13.8 Å². The Labute approximate surface area is 225 Å². The Balaban J connectivity index is 1.72. The largest absolute Gasteiger partial charge is 0.496 e. The van der Waals surface area contributed by atoms with E-state index in [0.29, 0.717) is 34.2 Å². The molecule has 39 heavy (non-hydrogen) atoms. The van der Waals surface area contributed by atoms with Crippen molar-refractivity contribution in [3.8, 4) is 16.9 Å². The van der Waals surface area contributed by atoms with Crippen LogP contribution in [0.3, 0.4) is 0 Å². The first-order valence-corrected chi connectivity index (χ1v) is 12.6. The zero-order chi connectivity index (χ0) is 28.1. The van der Waals surface area contributed by atoms with Crippen LogP contribution >= 0.6 is 0 Å². The van der Waals surface area contributed by atoms with Gasteiger partial charge in [0, 0.05) is 0 Å². The average Bonchev–Trinajstić information content (AvgIpc) is 2.91. The lowest BCUT2D eigenvalue weighted by atomic mass is 9.96. The predicted molar refractivity (Wildman–Crippen MR) is 146 cm³/mol. The number of amides is 1. The summed E-state index contributed by atoms with van der Waals surface area (Å²) >= 11 is 0. The van der Waals surface area contributed by atoms with Gasteiger partial charge in [0.2, 0.25) is 5.91 Å². The molecular weight excluding hydrogens is 501 g/mol. The summed E-state index contributed by atoms with van der Waals surface area (Å²) in [5.74, 6) is -1.76. The number of nitrogens with zero attached hydrogens (tertiary/aromatic N) is 2. The fourth-order valence-corrected chi connectivity index (χ4v) is 4.66. The predicted octanol–water partition coefficient (Wildman–Crippen LogP) is 5.13. The van der Waals surface area contributed by atoms with Crippen LogP contribution < -0.4 is 15.6 Å². The summed E-state index contributed by atoms with van der Waals surface area (Å²) in [6, 6.07) is 16.2. The number of fused-ring (bicyclic) bond motifs is 1. The second-order valence-electron chi connectivity index (χ2n) is 9.72. The first-order chi connectivity index (χ1) is 18.7. The standard InChI is InChI=1S/C30H30FN3O5/c1-18(2)14-25(34-17-32-23-12-5-4-10-21(23)30(34)38)29(37)33-24(16-27(35)36)19-8-6-9-20(15-19)28-22(31)11-7-13-26(28)39-3/h4-13,15,17-18,24-25H,14,16H2,1-3H3,(H,33,37)(H,35,36)/t24-,25-/m0/s1. The Hall–Kier alpha value is -4.53. The van der Waals surface area contributed by atoms with Crippen LogP contribution in [0.1, 0.15) is 44.3 Å². The van der Waals surface area contributed by atoms with Crippen molar-refractivity contribution in [1.82, 2.24) is 14.9 Å². The lowest BCUT2D eigenvalue weighted by Crippen LogP contribution is -2.40. The van der Waals surface area contributed by atoms with Crippen molar-refractivity contribution < 1.29 is 23.8 Å². The minimum Gasteiger partial charge on any atom is -0.496 e. The number of carbonyl (C=O) groups is 2. The molecule has 8 nitrogen and oxygen atoms in total. The van der Waals surface area contributed by atoms with Gasteiger partial charge in [0.15, 0.2) is 0 Å². The highest BCUT2D eigenvalue weighted by atomic mass is 19.1. The lowest BCUT2D eigenvalue weighted by Gasteiger charge is -2.25. The number of ether oxygens (including phenoxy) is 1. The Kier molecular flexibility index (Phi) is 8.39. The molecule has 1 heterocycles. The van der Waals surface area contributed by atoms with E-state index in [4.69, 9.17) is 4.74 Å². The molecule has 2 atom stereocenters. The van der Waals surface area contributed by atoms with E-state index in [0.717, 1.165) is 0 Å². The van der Waals surface area contributed by atoms with Gasteiger partial charge in [-0.25, -0.2) is 9.37 Å². The van der Waals surface area contributed by atoms with Crippen LogP contribution in [-0.2, 0) is 9.59 Å². The van der Waals surface area contributed by atoms with Gasteiger partial charge < -0.3 is 15.2 Å². The van der Waals surface area contributed by atoms with Crippen LogP contribution in [0.4, 0.5) is 4.39 Å². The minimum atomic E-state index is -1.13. The van der Waals surface area contributed by atoms with Gasteiger partial charge in [-0.2, -0.15) is 0 Å². The van der Waals surface area contributed by atoms with Crippen molar-refractivity contribution >= 4 is 22.8 Å². The quantitative estimate of drug-likeness (QED) is 0.294. The Morgan fingerprint density at radius 1 is 1.08 bits per heavy atom. The summed E-state index contributed by atoms with van der Waals surface area (Å²) in [5.41, 5.74) is 1.34. The van der Waals surface area contributed by atoms with Crippen LogP contribution in [-0.4, -0.2) is 33.6 Å². The molecule has 3 aromatic carbocycles. The number of benzene rings is 3. The van der Waals surface area contributed by atoms with E-state index < -0.39 is 36.2 Å². The molecule has 0 radical (unpaired) electrons. The van der Waals surface area contributed by atoms with Crippen LogP contribution in [0.5, 0.6) is 5.75 Å². The van der Waals surface area contributed by atoms with E-state index in [1.54, 1.807) is 54.6 Å². The van der Waals surface area contributed by atoms with E-state index >= 15 is 0 Å². The molecule has 1 amide bonds. The van der Waals surface area contributed by atoms with Crippen molar-refractivity contribution in [3.63, 3.8) is 0 Å². The number of aromatic nitrogens is 2. The van der Waals surface area contributed by atoms with Crippen molar-refractivity contribution in [1.29, 1.82) is 0 Å². The maximum Gasteiger partial charge on any atom is 0.305 e. The first kappa shape index (κ1) is 27.5. The van der Waals surface area contributed by atoms with Crippen LogP contribution in [0, 0.1) is 11.7 Å². The molecule has 0 fully saturated rings. The summed E-state index contributed by atoms with van der Waals surface area (Å²) in [5, 5.41) is 12.9. The van der Waals surface area contributed by atoms with Gasteiger partial charge in [0.1, 0.15) is 17.6 Å². The molecule has 4 rings (SSSR count). The summed E-state index contributed by atoms with van der Waals surface area (Å²) in [6.07, 6.45) is 1.27. The number of aliphatic carboxylic acids is 1. The maximum absolute atomic E-state index is 14.8. The van der Waals surface area contributed by atoms with E-state index in [1.165, 1.54) is 30.1 Å². The Bertz CT molecular complexity index is 1570. The number of nitrogens with one attached hydrogen (secondary N) is 1. The number of para-hydroxylation sites is 1.